The van der Waals surface area contributed by atoms with Crippen LogP contribution in [-0.4, -0.2) is 54.4 Å². The van der Waals surface area contributed by atoms with Crippen molar-refractivity contribution in [2.75, 3.05) is 11.4 Å². The van der Waals surface area contributed by atoms with Gasteiger partial charge in [0.25, 0.3) is 0 Å². The minimum Gasteiger partial charge on any atom is -0.481 e. The molecule has 7 rings (SSSR count). The molecule has 2 bridgehead atoms. The summed E-state index contributed by atoms with van der Waals surface area (Å²) in [6.45, 7) is 3.59. The largest absolute Gasteiger partial charge is 0.481 e. The second-order valence-corrected chi connectivity index (χ2v) is 10.4. The molecule has 9 nitrogen and oxygen atoms in total. The fraction of sp³-hybridized carbons (Fsp3) is 0.440. The number of halogens is 1. The Bertz CT molecular complexity index is 1430. The summed E-state index contributed by atoms with van der Waals surface area (Å²) in [4.78, 5) is 26.4. The molecule has 2 saturated heterocycles. The van der Waals surface area contributed by atoms with Gasteiger partial charge in [-0.25, -0.2) is 9.97 Å². The Balaban J connectivity index is 1.34. The first-order valence-electron chi connectivity index (χ1n) is 12.1. The summed E-state index contributed by atoms with van der Waals surface area (Å²) in [6.07, 6.45) is 8.85. The first kappa shape index (κ1) is 22.3. The van der Waals surface area contributed by atoms with Crippen LogP contribution in [0.2, 0.25) is 5.02 Å². The van der Waals surface area contributed by atoms with Crippen molar-refractivity contribution in [3.8, 4) is 11.1 Å². The van der Waals surface area contributed by atoms with E-state index in [2.05, 4.69) is 21.9 Å². The molecule has 3 aromatic heterocycles. The molecule has 2 aliphatic heterocycles. The number of piperidine rings is 1. The Labute approximate surface area is 207 Å². The Morgan fingerprint density at radius 3 is 2.97 bits per heavy atom. The lowest BCUT2D eigenvalue weighted by atomic mass is 9.86. The lowest BCUT2D eigenvalue weighted by molar-refractivity contribution is -0.137. The maximum absolute atomic E-state index is 10.9. The maximum atomic E-state index is 10.9. The molecule has 10 heteroatoms. The van der Waals surface area contributed by atoms with Crippen molar-refractivity contribution in [3.63, 3.8) is 0 Å². The van der Waals surface area contributed by atoms with Gasteiger partial charge in [0.15, 0.2) is 5.65 Å². The van der Waals surface area contributed by atoms with E-state index in [1.54, 1.807) is 10.9 Å². The van der Waals surface area contributed by atoms with Crippen LogP contribution in [0.15, 0.2) is 30.7 Å². The third-order valence-electron chi connectivity index (χ3n) is 7.58. The van der Waals surface area contributed by atoms with Crippen molar-refractivity contribution in [2.24, 2.45) is 17.6 Å². The molecule has 1 aromatic carbocycles. The van der Waals surface area contributed by atoms with Crippen LogP contribution in [0.25, 0.3) is 33.2 Å². The Hall–Kier alpha value is -3.17. The van der Waals surface area contributed by atoms with E-state index in [4.69, 9.17) is 32.4 Å². The molecule has 0 amide bonds. The summed E-state index contributed by atoms with van der Waals surface area (Å²) in [6, 6.07) is 4.46. The normalized spacial score (nSPS) is 24.4. The summed E-state index contributed by atoms with van der Waals surface area (Å²) in [7, 11) is 0. The molecular formula is C25H28ClN7O2. The number of aryl methyl sites for hydroxylation is 1. The van der Waals surface area contributed by atoms with Gasteiger partial charge < -0.3 is 20.7 Å². The molecular weight excluding hydrogens is 466 g/mol. The number of carboxylic acid groups (broad SMARTS) is 1. The van der Waals surface area contributed by atoms with Gasteiger partial charge in [-0.05, 0) is 37.2 Å². The van der Waals surface area contributed by atoms with Crippen LogP contribution in [0.5, 0.6) is 0 Å². The van der Waals surface area contributed by atoms with Gasteiger partial charge in [-0.3, -0.25) is 9.48 Å². The lowest BCUT2D eigenvalue weighted by Crippen LogP contribution is -2.47. The smallest absolute Gasteiger partial charge is 0.305 e. The van der Waals surface area contributed by atoms with Crippen LogP contribution >= 0.6 is 11.6 Å². The highest BCUT2D eigenvalue weighted by Gasteiger charge is 2.39. The van der Waals surface area contributed by atoms with Gasteiger partial charge in [0.1, 0.15) is 11.3 Å². The van der Waals surface area contributed by atoms with Crippen LogP contribution in [0.1, 0.15) is 32.6 Å². The standard InChI is InChI=1S/C25H28ClN7O2/c1-13-6-14-7-15(27)8-20(13)33(11-14)21-10-28-24-17(9-29-25(24)30-21)16-2-3-19-18(23(16)26)12-32(31-19)5-4-22(34)35/h2-3,9-10,12-15,20H,4-8,11,27H2,1H3,(H,29,30)(H,34,35)/t13-,14?,15?,20?/m0/s1. The molecule has 4 N–H and O–H groups in total. The van der Waals surface area contributed by atoms with Gasteiger partial charge in [-0.2, -0.15) is 5.10 Å². The van der Waals surface area contributed by atoms with Crippen molar-refractivity contribution < 1.29 is 9.90 Å². The number of nitrogens with zero attached hydrogens (tertiary/aromatic N) is 5. The Morgan fingerprint density at radius 1 is 1.29 bits per heavy atom. The van der Waals surface area contributed by atoms with Crippen molar-refractivity contribution in [1.29, 1.82) is 0 Å². The molecule has 5 heterocycles. The van der Waals surface area contributed by atoms with Crippen LogP contribution in [0, 0.1) is 11.8 Å². The number of nitrogens with one attached hydrogen (secondary N) is 1. The number of rotatable bonds is 5. The molecule has 3 fully saturated rings. The average molecular weight is 494 g/mol. The Kier molecular flexibility index (Phi) is 5.41. The maximum Gasteiger partial charge on any atom is 0.305 e. The van der Waals surface area contributed by atoms with E-state index >= 15 is 0 Å². The summed E-state index contributed by atoms with van der Waals surface area (Å²) in [5, 5.41) is 14.7. The number of anilines is 1. The number of carbonyl (C=O) groups is 1. The molecule has 35 heavy (non-hydrogen) atoms. The second-order valence-electron chi connectivity index (χ2n) is 10.1. The molecule has 1 saturated carbocycles. The number of hydrogen-bond acceptors (Lipinski definition) is 6. The highest BCUT2D eigenvalue weighted by molar-refractivity contribution is 6.38. The summed E-state index contributed by atoms with van der Waals surface area (Å²) in [5.74, 6) is 1.21. The fourth-order valence-corrected chi connectivity index (χ4v) is 6.29. The SMILES string of the molecule is C[C@H]1CC2CC(N)CC1N(c1cnc3c(-c4ccc5nn(CCC(=O)O)cc5c4Cl)c[nH]c3n1)C2. The first-order chi connectivity index (χ1) is 16.9. The molecule has 4 aromatic rings. The van der Waals surface area contributed by atoms with Crippen LogP contribution < -0.4 is 10.6 Å². The quantitative estimate of drug-likeness (QED) is 0.382. The van der Waals surface area contributed by atoms with Gasteiger partial charge in [-0.15, -0.1) is 0 Å². The number of fused-ring (bicyclic) bond motifs is 6. The monoisotopic (exact) mass is 493 g/mol. The predicted molar refractivity (Wildman–Crippen MR) is 135 cm³/mol. The number of benzene rings is 1. The zero-order valence-corrected chi connectivity index (χ0v) is 20.2. The van der Waals surface area contributed by atoms with Crippen LogP contribution in [-0.2, 0) is 11.3 Å². The number of carboxylic acids is 1. The van der Waals surface area contributed by atoms with Crippen LogP contribution in [0.4, 0.5) is 5.82 Å². The minimum absolute atomic E-state index is 0.00215. The van der Waals surface area contributed by atoms with Gasteiger partial charge in [-0.1, -0.05) is 24.6 Å². The number of nitrogens with two attached hydrogens (primary N) is 1. The summed E-state index contributed by atoms with van der Waals surface area (Å²) < 4.78 is 1.62. The number of hydrogen-bond donors (Lipinski definition) is 3. The number of aromatic amines is 1. The molecule has 3 unspecified atom stereocenters. The van der Waals surface area contributed by atoms with Gasteiger partial charge in [0.2, 0.25) is 0 Å². The molecule has 1 aliphatic carbocycles. The van der Waals surface area contributed by atoms with E-state index in [1.807, 2.05) is 24.5 Å². The first-order valence-corrected chi connectivity index (χ1v) is 12.5. The topological polar surface area (TPSA) is 126 Å². The van der Waals surface area contributed by atoms with Crippen molar-refractivity contribution in [3.05, 3.63) is 35.7 Å². The van der Waals surface area contributed by atoms with E-state index < -0.39 is 5.97 Å². The van der Waals surface area contributed by atoms with E-state index in [1.165, 1.54) is 6.42 Å². The van der Waals surface area contributed by atoms with E-state index in [-0.39, 0.29) is 12.5 Å². The van der Waals surface area contributed by atoms with Crippen LogP contribution in [0.3, 0.4) is 0 Å². The third kappa shape index (κ3) is 3.92. The molecule has 3 aliphatic rings. The fourth-order valence-electron chi connectivity index (χ4n) is 5.98. The Morgan fingerprint density at radius 2 is 2.14 bits per heavy atom. The molecule has 4 atom stereocenters. The van der Waals surface area contributed by atoms with Crippen molar-refractivity contribution >= 4 is 45.5 Å². The highest BCUT2D eigenvalue weighted by atomic mass is 35.5. The lowest BCUT2D eigenvalue weighted by Gasteiger charge is -2.41. The van der Waals surface area contributed by atoms with Gasteiger partial charge in [0.05, 0.1) is 29.7 Å². The van der Waals surface area contributed by atoms with Gasteiger partial charge in [0, 0.05) is 47.5 Å². The highest BCUT2D eigenvalue weighted by Crippen LogP contribution is 2.40. The van der Waals surface area contributed by atoms with Crippen molar-refractivity contribution in [2.45, 2.75) is 51.2 Å². The average Bonchev–Trinajstić information content (AvgIpc) is 3.36. The second kappa shape index (κ2) is 8.49. The molecule has 0 spiro atoms. The number of aliphatic carboxylic acids is 1. The zero-order chi connectivity index (χ0) is 24.3. The molecule has 0 radical (unpaired) electrons. The summed E-state index contributed by atoms with van der Waals surface area (Å²) in [5.41, 5.74) is 10.3. The third-order valence-corrected chi connectivity index (χ3v) is 7.98. The summed E-state index contributed by atoms with van der Waals surface area (Å²) >= 11 is 6.80. The predicted octanol–water partition coefficient (Wildman–Crippen LogP) is 4.05. The minimum atomic E-state index is -0.863. The molecule has 182 valence electrons. The van der Waals surface area contributed by atoms with Crippen molar-refractivity contribution in [1.82, 2.24) is 24.7 Å². The zero-order valence-electron chi connectivity index (χ0n) is 19.5. The number of H-pyrrole nitrogens is 1. The van der Waals surface area contributed by atoms with E-state index in [0.717, 1.165) is 58.4 Å². The van der Waals surface area contributed by atoms with E-state index in [0.29, 0.717) is 29.4 Å². The number of aromatic nitrogens is 5. The van der Waals surface area contributed by atoms with Gasteiger partial charge >= 0.3 is 5.97 Å². The van der Waals surface area contributed by atoms with E-state index in [9.17, 15) is 4.79 Å².